The summed E-state index contributed by atoms with van der Waals surface area (Å²) < 4.78 is 18.3. The van der Waals surface area contributed by atoms with E-state index in [9.17, 15) is 4.39 Å². The van der Waals surface area contributed by atoms with Crippen LogP contribution in [0.3, 0.4) is 0 Å². The SMILES string of the molecule is CCC(N)(COC)Cc1cccc(F)c1Cl. The van der Waals surface area contributed by atoms with Gasteiger partial charge in [-0.15, -0.1) is 0 Å². The van der Waals surface area contributed by atoms with Crippen LogP contribution < -0.4 is 5.73 Å². The quantitative estimate of drug-likeness (QED) is 0.866. The Balaban J connectivity index is 2.90. The normalized spacial score (nSPS) is 14.8. The van der Waals surface area contributed by atoms with Gasteiger partial charge in [0.2, 0.25) is 0 Å². The number of hydrogen-bond donors (Lipinski definition) is 1. The summed E-state index contributed by atoms with van der Waals surface area (Å²) in [7, 11) is 1.60. The lowest BCUT2D eigenvalue weighted by Crippen LogP contribution is -2.45. The summed E-state index contributed by atoms with van der Waals surface area (Å²) in [6, 6.07) is 4.77. The molecule has 1 aromatic rings. The van der Waals surface area contributed by atoms with Crippen molar-refractivity contribution in [3.8, 4) is 0 Å². The molecule has 0 saturated heterocycles. The second kappa shape index (κ2) is 5.62. The lowest BCUT2D eigenvalue weighted by molar-refractivity contribution is 0.129. The maximum Gasteiger partial charge on any atom is 0.142 e. The second-order valence-corrected chi connectivity index (χ2v) is 4.42. The smallest absolute Gasteiger partial charge is 0.142 e. The van der Waals surface area contributed by atoms with Gasteiger partial charge in [0.1, 0.15) is 5.82 Å². The Kier molecular flexibility index (Phi) is 4.71. The van der Waals surface area contributed by atoms with Crippen LogP contribution in [-0.2, 0) is 11.2 Å². The Bertz CT molecular complexity index is 359. The number of benzene rings is 1. The van der Waals surface area contributed by atoms with Gasteiger partial charge in [0, 0.05) is 12.6 Å². The first-order valence-corrected chi connectivity index (χ1v) is 5.61. The molecule has 1 aromatic carbocycles. The van der Waals surface area contributed by atoms with Crippen LogP contribution in [0.2, 0.25) is 5.02 Å². The van der Waals surface area contributed by atoms with Crippen LogP contribution in [-0.4, -0.2) is 19.3 Å². The van der Waals surface area contributed by atoms with Gasteiger partial charge in [0.25, 0.3) is 0 Å². The van der Waals surface area contributed by atoms with Crippen molar-refractivity contribution in [3.63, 3.8) is 0 Å². The minimum atomic E-state index is -0.494. The van der Waals surface area contributed by atoms with Crippen LogP contribution in [0.1, 0.15) is 18.9 Å². The number of halogens is 2. The summed E-state index contributed by atoms with van der Waals surface area (Å²) >= 11 is 5.89. The molecule has 0 aromatic heterocycles. The third-order valence-electron chi connectivity index (χ3n) is 2.71. The van der Waals surface area contributed by atoms with E-state index in [4.69, 9.17) is 22.1 Å². The van der Waals surface area contributed by atoms with Gasteiger partial charge in [0.15, 0.2) is 0 Å². The lowest BCUT2D eigenvalue weighted by atomic mass is 9.90. The standard InChI is InChI=1S/C12H17ClFNO/c1-3-12(15,8-16-2)7-9-5-4-6-10(14)11(9)13/h4-6H,3,7-8,15H2,1-2H3. The third kappa shape index (κ3) is 3.17. The molecular formula is C12H17ClFNO. The predicted molar refractivity (Wildman–Crippen MR) is 64.2 cm³/mol. The van der Waals surface area contributed by atoms with Crippen molar-refractivity contribution in [2.75, 3.05) is 13.7 Å². The van der Waals surface area contributed by atoms with Gasteiger partial charge in [-0.3, -0.25) is 0 Å². The van der Waals surface area contributed by atoms with Crippen LogP contribution in [0.25, 0.3) is 0 Å². The average molecular weight is 246 g/mol. The summed E-state index contributed by atoms with van der Waals surface area (Å²) in [6.45, 7) is 2.41. The molecule has 4 heteroatoms. The Morgan fingerprint density at radius 3 is 2.75 bits per heavy atom. The first kappa shape index (κ1) is 13.4. The van der Waals surface area contributed by atoms with E-state index < -0.39 is 11.4 Å². The highest BCUT2D eigenvalue weighted by atomic mass is 35.5. The number of rotatable bonds is 5. The first-order chi connectivity index (χ1) is 7.52. The van der Waals surface area contributed by atoms with E-state index in [1.165, 1.54) is 6.07 Å². The molecule has 0 saturated carbocycles. The molecule has 0 aliphatic carbocycles. The van der Waals surface area contributed by atoms with Gasteiger partial charge in [-0.1, -0.05) is 30.7 Å². The molecule has 0 spiro atoms. The van der Waals surface area contributed by atoms with Crippen LogP contribution >= 0.6 is 11.6 Å². The summed E-state index contributed by atoms with van der Waals surface area (Å²) in [6.07, 6.45) is 1.25. The lowest BCUT2D eigenvalue weighted by Gasteiger charge is -2.27. The van der Waals surface area contributed by atoms with Crippen molar-refractivity contribution in [2.24, 2.45) is 5.73 Å². The summed E-state index contributed by atoms with van der Waals surface area (Å²) in [4.78, 5) is 0. The van der Waals surface area contributed by atoms with E-state index in [0.29, 0.717) is 13.0 Å². The number of ether oxygens (including phenoxy) is 1. The van der Waals surface area contributed by atoms with Gasteiger partial charge in [0.05, 0.1) is 11.6 Å². The van der Waals surface area contributed by atoms with Gasteiger partial charge >= 0.3 is 0 Å². The van der Waals surface area contributed by atoms with Crippen LogP contribution in [0, 0.1) is 5.82 Å². The molecule has 0 amide bonds. The highest BCUT2D eigenvalue weighted by Crippen LogP contribution is 2.24. The molecular weight excluding hydrogens is 229 g/mol. The van der Waals surface area contributed by atoms with Crippen molar-refractivity contribution < 1.29 is 9.13 Å². The van der Waals surface area contributed by atoms with Crippen molar-refractivity contribution in [2.45, 2.75) is 25.3 Å². The highest BCUT2D eigenvalue weighted by molar-refractivity contribution is 6.31. The molecule has 1 atom stereocenters. The minimum Gasteiger partial charge on any atom is -0.383 e. The van der Waals surface area contributed by atoms with Crippen LogP contribution in [0.5, 0.6) is 0 Å². The molecule has 0 fully saturated rings. The molecule has 1 rings (SSSR count). The Morgan fingerprint density at radius 2 is 2.19 bits per heavy atom. The zero-order chi connectivity index (χ0) is 12.2. The third-order valence-corrected chi connectivity index (χ3v) is 3.13. The van der Waals surface area contributed by atoms with E-state index in [-0.39, 0.29) is 5.02 Å². The molecule has 1 unspecified atom stereocenters. The van der Waals surface area contributed by atoms with Gasteiger partial charge in [-0.05, 0) is 24.5 Å². The zero-order valence-corrected chi connectivity index (χ0v) is 10.4. The zero-order valence-electron chi connectivity index (χ0n) is 9.59. The molecule has 0 aliphatic heterocycles. The molecule has 0 radical (unpaired) electrons. The summed E-state index contributed by atoms with van der Waals surface area (Å²) in [5.41, 5.74) is 6.38. The van der Waals surface area contributed by atoms with E-state index in [2.05, 4.69) is 0 Å². The monoisotopic (exact) mass is 245 g/mol. The maximum atomic E-state index is 13.2. The second-order valence-electron chi connectivity index (χ2n) is 4.04. The highest BCUT2D eigenvalue weighted by Gasteiger charge is 2.24. The predicted octanol–water partition coefficient (Wildman–Crippen LogP) is 2.78. The van der Waals surface area contributed by atoms with Crippen molar-refractivity contribution in [1.82, 2.24) is 0 Å². The maximum absolute atomic E-state index is 13.2. The molecule has 2 N–H and O–H groups in total. The Labute approximate surface area is 101 Å². The summed E-state index contributed by atoms with van der Waals surface area (Å²) in [5, 5.41) is 0.155. The van der Waals surface area contributed by atoms with Crippen LogP contribution in [0.4, 0.5) is 4.39 Å². The largest absolute Gasteiger partial charge is 0.383 e. The topological polar surface area (TPSA) is 35.2 Å². The molecule has 0 aliphatic rings. The van der Waals surface area contributed by atoms with E-state index >= 15 is 0 Å². The van der Waals surface area contributed by atoms with Gasteiger partial charge < -0.3 is 10.5 Å². The molecule has 0 heterocycles. The number of methoxy groups -OCH3 is 1. The van der Waals surface area contributed by atoms with Crippen molar-refractivity contribution in [3.05, 3.63) is 34.6 Å². The molecule has 2 nitrogen and oxygen atoms in total. The Hall–Kier alpha value is -0.640. The molecule has 90 valence electrons. The van der Waals surface area contributed by atoms with E-state index in [0.717, 1.165) is 12.0 Å². The van der Waals surface area contributed by atoms with Gasteiger partial charge in [-0.2, -0.15) is 0 Å². The van der Waals surface area contributed by atoms with E-state index in [1.54, 1.807) is 19.2 Å². The Morgan fingerprint density at radius 1 is 1.50 bits per heavy atom. The fourth-order valence-corrected chi connectivity index (χ4v) is 1.82. The first-order valence-electron chi connectivity index (χ1n) is 5.23. The molecule has 0 bridgehead atoms. The van der Waals surface area contributed by atoms with Crippen molar-refractivity contribution >= 4 is 11.6 Å². The van der Waals surface area contributed by atoms with Gasteiger partial charge in [-0.25, -0.2) is 4.39 Å². The summed E-state index contributed by atoms with van der Waals surface area (Å²) in [5.74, 6) is -0.407. The fourth-order valence-electron chi connectivity index (χ4n) is 1.63. The average Bonchev–Trinajstić information content (AvgIpc) is 2.25. The fraction of sp³-hybridized carbons (Fsp3) is 0.500. The van der Waals surface area contributed by atoms with Crippen molar-refractivity contribution in [1.29, 1.82) is 0 Å². The van der Waals surface area contributed by atoms with E-state index in [1.807, 2.05) is 6.92 Å². The molecule has 16 heavy (non-hydrogen) atoms. The minimum absolute atomic E-state index is 0.155. The number of hydrogen-bond acceptors (Lipinski definition) is 2. The van der Waals surface area contributed by atoms with Crippen LogP contribution in [0.15, 0.2) is 18.2 Å². The number of nitrogens with two attached hydrogens (primary N) is 1.